The van der Waals surface area contributed by atoms with E-state index in [9.17, 15) is 4.79 Å². The molecule has 0 spiro atoms. The summed E-state index contributed by atoms with van der Waals surface area (Å²) in [6, 6.07) is 6.58. The van der Waals surface area contributed by atoms with Crippen molar-refractivity contribution in [3.63, 3.8) is 0 Å². The first-order valence-corrected chi connectivity index (χ1v) is 5.99. The summed E-state index contributed by atoms with van der Waals surface area (Å²) in [5, 5.41) is 9.48. The molecule has 0 saturated heterocycles. The van der Waals surface area contributed by atoms with Gasteiger partial charge in [0.25, 0.3) is 0 Å². The van der Waals surface area contributed by atoms with Crippen molar-refractivity contribution < 1.29 is 14.6 Å². The van der Waals surface area contributed by atoms with Crippen molar-refractivity contribution in [1.82, 2.24) is 4.98 Å². The normalized spacial score (nSPS) is 10.3. The van der Waals surface area contributed by atoms with E-state index in [1.165, 1.54) is 18.3 Å². The van der Waals surface area contributed by atoms with Crippen molar-refractivity contribution in [2.24, 2.45) is 0 Å². The molecule has 0 aliphatic heterocycles. The van der Waals surface area contributed by atoms with Crippen molar-refractivity contribution in [1.29, 1.82) is 0 Å². The van der Waals surface area contributed by atoms with E-state index in [0.29, 0.717) is 16.7 Å². The van der Waals surface area contributed by atoms with Crippen molar-refractivity contribution >= 4 is 17.6 Å². The first kappa shape index (κ1) is 13.4. The molecule has 2 aromatic rings. The van der Waals surface area contributed by atoms with Crippen LogP contribution in [0, 0.1) is 13.8 Å². The van der Waals surface area contributed by atoms with Gasteiger partial charge in [-0.2, -0.15) is 0 Å². The summed E-state index contributed by atoms with van der Waals surface area (Å²) in [6.07, 6.45) is 1.26. The highest BCUT2D eigenvalue weighted by molar-refractivity contribution is 6.32. The predicted octanol–water partition coefficient (Wildman–Crippen LogP) is 3.84. The van der Waals surface area contributed by atoms with Crippen LogP contribution in [0.4, 0.5) is 0 Å². The Labute approximate surface area is 115 Å². The van der Waals surface area contributed by atoms with Gasteiger partial charge in [-0.3, -0.25) is 0 Å². The fraction of sp³-hybridized carbons (Fsp3) is 0.143. The molecule has 1 heterocycles. The van der Waals surface area contributed by atoms with Crippen LogP contribution >= 0.6 is 11.6 Å². The number of aryl methyl sites for hydroxylation is 2. The number of nitrogens with zero attached hydrogens (tertiary/aromatic N) is 1. The Morgan fingerprint density at radius 1 is 1.26 bits per heavy atom. The second-order valence-electron chi connectivity index (χ2n) is 4.16. The minimum Gasteiger partial charge on any atom is -0.478 e. The fourth-order valence-corrected chi connectivity index (χ4v) is 1.76. The SMILES string of the molecule is Cc1cc(Oc2ccc(C(=O)O)cn2)cc(C)c1Cl. The summed E-state index contributed by atoms with van der Waals surface area (Å²) in [6.45, 7) is 3.78. The number of rotatable bonds is 3. The van der Waals surface area contributed by atoms with E-state index in [4.69, 9.17) is 21.4 Å². The van der Waals surface area contributed by atoms with Gasteiger partial charge in [0.15, 0.2) is 0 Å². The van der Waals surface area contributed by atoms with E-state index in [0.717, 1.165) is 11.1 Å². The monoisotopic (exact) mass is 277 g/mol. The molecule has 0 aliphatic carbocycles. The molecule has 0 radical (unpaired) electrons. The zero-order chi connectivity index (χ0) is 14.0. The van der Waals surface area contributed by atoms with E-state index in [1.807, 2.05) is 26.0 Å². The van der Waals surface area contributed by atoms with Gasteiger partial charge in [0.1, 0.15) is 5.75 Å². The minimum absolute atomic E-state index is 0.121. The van der Waals surface area contributed by atoms with E-state index >= 15 is 0 Å². The number of pyridine rings is 1. The first-order chi connectivity index (χ1) is 8.97. The van der Waals surface area contributed by atoms with Gasteiger partial charge >= 0.3 is 5.97 Å². The van der Waals surface area contributed by atoms with Gasteiger partial charge in [0.2, 0.25) is 5.88 Å². The average molecular weight is 278 g/mol. The van der Waals surface area contributed by atoms with E-state index in [1.54, 1.807) is 0 Å². The number of halogens is 1. The molecular weight excluding hydrogens is 266 g/mol. The van der Waals surface area contributed by atoms with Gasteiger partial charge in [-0.1, -0.05) is 11.6 Å². The highest BCUT2D eigenvalue weighted by atomic mass is 35.5. The maximum absolute atomic E-state index is 10.7. The molecule has 1 aromatic heterocycles. The lowest BCUT2D eigenvalue weighted by Gasteiger charge is -2.09. The maximum Gasteiger partial charge on any atom is 0.337 e. The highest BCUT2D eigenvalue weighted by Gasteiger charge is 2.07. The van der Waals surface area contributed by atoms with Crippen molar-refractivity contribution in [2.75, 3.05) is 0 Å². The molecule has 0 saturated carbocycles. The predicted molar refractivity (Wildman–Crippen MR) is 72.2 cm³/mol. The van der Waals surface area contributed by atoms with E-state index < -0.39 is 5.97 Å². The molecule has 1 N–H and O–H groups in total. The van der Waals surface area contributed by atoms with Gasteiger partial charge in [0, 0.05) is 17.3 Å². The summed E-state index contributed by atoms with van der Waals surface area (Å²) < 4.78 is 5.57. The molecule has 19 heavy (non-hydrogen) atoms. The second-order valence-corrected chi connectivity index (χ2v) is 4.54. The van der Waals surface area contributed by atoms with Crippen molar-refractivity contribution in [2.45, 2.75) is 13.8 Å². The zero-order valence-electron chi connectivity index (χ0n) is 10.5. The van der Waals surface area contributed by atoms with Crippen LogP contribution in [0.15, 0.2) is 30.5 Å². The Morgan fingerprint density at radius 3 is 2.37 bits per heavy atom. The molecule has 1 aromatic carbocycles. The van der Waals surface area contributed by atoms with Crippen LogP contribution in [0.3, 0.4) is 0 Å². The number of aromatic carboxylic acids is 1. The molecule has 0 aliphatic rings. The number of carboxylic acids is 1. The van der Waals surface area contributed by atoms with E-state index in [-0.39, 0.29) is 5.56 Å². The van der Waals surface area contributed by atoms with E-state index in [2.05, 4.69) is 4.98 Å². The summed E-state index contributed by atoms with van der Waals surface area (Å²) >= 11 is 6.07. The summed E-state index contributed by atoms with van der Waals surface area (Å²) in [5.74, 6) is -0.0571. The number of carboxylic acid groups (broad SMARTS) is 1. The molecule has 0 unspecified atom stereocenters. The number of carbonyl (C=O) groups is 1. The van der Waals surface area contributed by atoms with Gasteiger partial charge in [-0.05, 0) is 43.2 Å². The third-order valence-corrected chi connectivity index (χ3v) is 3.21. The number of benzene rings is 1. The Kier molecular flexibility index (Phi) is 3.71. The number of aromatic nitrogens is 1. The summed E-state index contributed by atoms with van der Waals surface area (Å²) in [4.78, 5) is 14.6. The molecule has 0 amide bonds. The topological polar surface area (TPSA) is 59.4 Å². The van der Waals surface area contributed by atoms with Gasteiger partial charge in [-0.25, -0.2) is 9.78 Å². The van der Waals surface area contributed by atoms with Crippen LogP contribution in [-0.2, 0) is 0 Å². The van der Waals surface area contributed by atoms with Crippen LogP contribution < -0.4 is 4.74 Å². The zero-order valence-corrected chi connectivity index (χ0v) is 11.2. The standard InChI is InChI=1S/C14H12ClNO3/c1-8-5-11(6-9(2)13(8)15)19-12-4-3-10(7-16-12)14(17)18/h3-7H,1-2H3,(H,17,18). The molecule has 0 bridgehead atoms. The Balaban J connectivity index is 2.24. The van der Waals surface area contributed by atoms with Crippen LogP contribution in [0.2, 0.25) is 5.02 Å². The molecular formula is C14H12ClNO3. The fourth-order valence-electron chi connectivity index (χ4n) is 1.65. The van der Waals surface area contributed by atoms with Crippen molar-refractivity contribution in [3.8, 4) is 11.6 Å². The third-order valence-electron chi connectivity index (χ3n) is 2.62. The lowest BCUT2D eigenvalue weighted by Crippen LogP contribution is -1.97. The largest absolute Gasteiger partial charge is 0.478 e. The van der Waals surface area contributed by atoms with Gasteiger partial charge in [-0.15, -0.1) is 0 Å². The molecule has 4 nitrogen and oxygen atoms in total. The highest BCUT2D eigenvalue weighted by Crippen LogP contribution is 2.28. The third kappa shape index (κ3) is 3.03. The Hall–Kier alpha value is -2.07. The molecule has 5 heteroatoms. The molecule has 0 atom stereocenters. The Morgan fingerprint density at radius 2 is 1.89 bits per heavy atom. The number of ether oxygens (including phenoxy) is 1. The summed E-state index contributed by atoms with van der Waals surface area (Å²) in [7, 11) is 0. The molecule has 2 rings (SSSR count). The smallest absolute Gasteiger partial charge is 0.337 e. The van der Waals surface area contributed by atoms with Crippen LogP contribution in [0.5, 0.6) is 11.6 Å². The second kappa shape index (κ2) is 5.28. The first-order valence-electron chi connectivity index (χ1n) is 5.61. The molecule has 0 fully saturated rings. The minimum atomic E-state index is -1.02. The number of hydrogen-bond acceptors (Lipinski definition) is 3. The Bertz CT molecular complexity index is 600. The van der Waals surface area contributed by atoms with Gasteiger partial charge in [0.05, 0.1) is 5.56 Å². The average Bonchev–Trinajstić information content (AvgIpc) is 2.36. The lowest BCUT2D eigenvalue weighted by molar-refractivity contribution is 0.0696. The van der Waals surface area contributed by atoms with Crippen LogP contribution in [0.25, 0.3) is 0 Å². The van der Waals surface area contributed by atoms with Crippen LogP contribution in [0.1, 0.15) is 21.5 Å². The maximum atomic E-state index is 10.7. The molecule has 98 valence electrons. The van der Waals surface area contributed by atoms with Crippen LogP contribution in [-0.4, -0.2) is 16.1 Å². The number of hydrogen-bond donors (Lipinski definition) is 1. The summed E-state index contributed by atoms with van der Waals surface area (Å²) in [5.41, 5.74) is 1.95. The van der Waals surface area contributed by atoms with Gasteiger partial charge < -0.3 is 9.84 Å². The lowest BCUT2D eigenvalue weighted by atomic mass is 10.1. The quantitative estimate of drug-likeness (QED) is 0.926. The van der Waals surface area contributed by atoms with Crippen molar-refractivity contribution in [3.05, 3.63) is 52.2 Å².